The lowest BCUT2D eigenvalue weighted by Crippen LogP contribution is -2.37. The number of hydrazine groups is 1. The van der Waals surface area contributed by atoms with Gasteiger partial charge in [0.2, 0.25) is 11.9 Å². The van der Waals surface area contributed by atoms with Gasteiger partial charge in [0.05, 0.1) is 19.8 Å². The molecule has 1 aromatic heterocycles. The average Bonchev–Trinajstić information content (AvgIpc) is 2.47. The fourth-order valence-electron chi connectivity index (χ4n) is 1.59. The summed E-state index contributed by atoms with van der Waals surface area (Å²) in [5.41, 5.74) is 2.44. The van der Waals surface area contributed by atoms with E-state index in [4.69, 9.17) is 15.7 Å². The topological polar surface area (TPSA) is 109 Å². The van der Waals surface area contributed by atoms with Gasteiger partial charge in [0.1, 0.15) is 0 Å². The van der Waals surface area contributed by atoms with Crippen LogP contribution in [0.15, 0.2) is 5.16 Å². The van der Waals surface area contributed by atoms with Gasteiger partial charge in [-0.3, -0.25) is 5.43 Å². The van der Waals surface area contributed by atoms with Crippen molar-refractivity contribution in [2.75, 3.05) is 43.2 Å². The molecule has 0 saturated carbocycles. The molecule has 2 rings (SSSR count). The molecule has 0 aromatic carbocycles. The first kappa shape index (κ1) is 14.3. The molecule has 1 saturated heterocycles. The molecule has 1 aromatic rings. The fraction of sp³-hybridized carbons (Fsp3) is 0.700. The van der Waals surface area contributed by atoms with Gasteiger partial charge >= 0.3 is 0 Å². The van der Waals surface area contributed by atoms with Gasteiger partial charge in [-0.1, -0.05) is 18.7 Å². The summed E-state index contributed by atoms with van der Waals surface area (Å²) in [7, 11) is 0. The zero-order valence-electron chi connectivity index (χ0n) is 10.7. The van der Waals surface area contributed by atoms with Crippen LogP contribution >= 0.6 is 11.8 Å². The van der Waals surface area contributed by atoms with Crippen LogP contribution in [0.1, 0.15) is 6.92 Å². The number of ether oxygens (including phenoxy) is 1. The highest BCUT2D eigenvalue weighted by Crippen LogP contribution is 2.22. The highest BCUT2D eigenvalue weighted by molar-refractivity contribution is 7.99. The average molecular weight is 286 g/mol. The number of hydrogen-bond acceptors (Lipinski definition) is 9. The van der Waals surface area contributed by atoms with Crippen molar-refractivity contribution >= 4 is 23.7 Å². The quantitative estimate of drug-likeness (QED) is 0.373. The summed E-state index contributed by atoms with van der Waals surface area (Å²) in [6, 6.07) is 0. The number of thioether (sulfide) groups is 1. The molecule has 9 heteroatoms. The van der Waals surface area contributed by atoms with Crippen molar-refractivity contribution < 1.29 is 9.84 Å². The Morgan fingerprint density at radius 1 is 1.42 bits per heavy atom. The van der Waals surface area contributed by atoms with Crippen LogP contribution in [0.5, 0.6) is 0 Å². The maximum atomic E-state index is 9.08. The van der Waals surface area contributed by atoms with Gasteiger partial charge in [-0.15, -0.1) is 0 Å². The van der Waals surface area contributed by atoms with Crippen LogP contribution < -0.4 is 16.2 Å². The van der Waals surface area contributed by atoms with Crippen LogP contribution in [0.4, 0.5) is 11.9 Å². The van der Waals surface area contributed by atoms with Crippen molar-refractivity contribution in [2.24, 2.45) is 5.84 Å². The third-order valence-corrected chi connectivity index (χ3v) is 3.53. The number of nitrogen functional groups attached to an aromatic ring is 1. The standard InChI is InChI=1S/C10H18N6O2S/c1-7(6-17)19-10-13-8(15-11)12-9(14-10)16-2-4-18-5-3-16/h7,17H,2-6,11H2,1H3,(H,12,13,14,15). The molecule has 1 aliphatic heterocycles. The predicted molar refractivity (Wildman–Crippen MR) is 73.1 cm³/mol. The lowest BCUT2D eigenvalue weighted by Gasteiger charge is -2.27. The van der Waals surface area contributed by atoms with Gasteiger partial charge in [0, 0.05) is 18.3 Å². The second-order valence-electron chi connectivity index (χ2n) is 4.10. The Kier molecular flexibility index (Phi) is 5.14. The summed E-state index contributed by atoms with van der Waals surface area (Å²) in [4.78, 5) is 14.8. The normalized spacial score (nSPS) is 17.3. The van der Waals surface area contributed by atoms with E-state index in [9.17, 15) is 0 Å². The number of morpholine rings is 1. The van der Waals surface area contributed by atoms with Gasteiger partial charge in [-0.2, -0.15) is 15.0 Å². The van der Waals surface area contributed by atoms with E-state index in [1.807, 2.05) is 11.8 Å². The van der Waals surface area contributed by atoms with E-state index in [2.05, 4.69) is 20.4 Å². The lowest BCUT2D eigenvalue weighted by atomic mass is 10.4. The van der Waals surface area contributed by atoms with Crippen LogP contribution in [0.2, 0.25) is 0 Å². The summed E-state index contributed by atoms with van der Waals surface area (Å²) in [5, 5.41) is 9.65. The van der Waals surface area contributed by atoms with Crippen molar-refractivity contribution in [1.82, 2.24) is 15.0 Å². The monoisotopic (exact) mass is 286 g/mol. The number of aromatic nitrogens is 3. The zero-order chi connectivity index (χ0) is 13.7. The molecule has 0 amide bonds. The maximum Gasteiger partial charge on any atom is 0.242 e. The molecule has 1 fully saturated rings. The van der Waals surface area contributed by atoms with E-state index in [1.54, 1.807) is 0 Å². The van der Waals surface area contributed by atoms with Gasteiger partial charge in [-0.25, -0.2) is 5.84 Å². The fourth-order valence-corrected chi connectivity index (χ4v) is 2.29. The number of nitrogens with one attached hydrogen (secondary N) is 1. The van der Waals surface area contributed by atoms with Gasteiger partial charge in [0.25, 0.3) is 0 Å². The molecule has 106 valence electrons. The molecule has 1 aliphatic rings. The first-order valence-corrected chi connectivity index (χ1v) is 6.94. The highest BCUT2D eigenvalue weighted by atomic mass is 32.2. The Morgan fingerprint density at radius 3 is 2.79 bits per heavy atom. The van der Waals surface area contributed by atoms with E-state index in [-0.39, 0.29) is 11.9 Å². The first-order valence-electron chi connectivity index (χ1n) is 6.06. The summed E-state index contributed by atoms with van der Waals surface area (Å²) < 4.78 is 5.30. The van der Waals surface area contributed by atoms with Crippen molar-refractivity contribution in [3.63, 3.8) is 0 Å². The van der Waals surface area contributed by atoms with Crippen molar-refractivity contribution in [1.29, 1.82) is 0 Å². The number of anilines is 2. The van der Waals surface area contributed by atoms with Crippen LogP contribution in [-0.4, -0.2) is 58.2 Å². The number of aliphatic hydroxyl groups is 1. The van der Waals surface area contributed by atoms with Crippen LogP contribution in [0.3, 0.4) is 0 Å². The maximum absolute atomic E-state index is 9.08. The Morgan fingerprint density at radius 2 is 2.16 bits per heavy atom. The number of aliphatic hydroxyl groups excluding tert-OH is 1. The molecule has 8 nitrogen and oxygen atoms in total. The van der Waals surface area contributed by atoms with Gasteiger partial charge < -0.3 is 14.7 Å². The van der Waals surface area contributed by atoms with Gasteiger partial charge in [-0.05, 0) is 0 Å². The second-order valence-corrected chi connectivity index (χ2v) is 5.50. The molecule has 0 aliphatic carbocycles. The summed E-state index contributed by atoms with van der Waals surface area (Å²) >= 11 is 1.39. The molecule has 0 bridgehead atoms. The lowest BCUT2D eigenvalue weighted by molar-refractivity contribution is 0.122. The molecular formula is C10H18N6O2S. The molecule has 1 atom stereocenters. The summed E-state index contributed by atoms with van der Waals surface area (Å²) in [6.45, 7) is 4.77. The smallest absolute Gasteiger partial charge is 0.242 e. The van der Waals surface area contributed by atoms with E-state index in [1.165, 1.54) is 11.8 Å². The third kappa shape index (κ3) is 3.90. The molecule has 2 heterocycles. The number of nitrogens with two attached hydrogens (primary N) is 1. The number of nitrogens with zero attached hydrogens (tertiary/aromatic N) is 4. The zero-order valence-corrected chi connectivity index (χ0v) is 11.6. The summed E-state index contributed by atoms with van der Waals surface area (Å²) in [6.07, 6.45) is 0. The Labute approximate surface area is 115 Å². The first-order chi connectivity index (χ1) is 9.22. The highest BCUT2D eigenvalue weighted by Gasteiger charge is 2.17. The largest absolute Gasteiger partial charge is 0.395 e. The molecular weight excluding hydrogens is 268 g/mol. The van der Waals surface area contributed by atoms with E-state index in [0.29, 0.717) is 30.3 Å². The number of rotatable bonds is 5. The molecule has 1 unspecified atom stereocenters. The van der Waals surface area contributed by atoms with E-state index >= 15 is 0 Å². The number of hydrogen-bond donors (Lipinski definition) is 3. The Hall–Kier alpha value is -1.16. The predicted octanol–water partition coefficient (Wildman–Crippen LogP) is -0.533. The van der Waals surface area contributed by atoms with Crippen molar-refractivity contribution in [3.8, 4) is 0 Å². The van der Waals surface area contributed by atoms with E-state index < -0.39 is 0 Å². The molecule has 19 heavy (non-hydrogen) atoms. The van der Waals surface area contributed by atoms with Crippen LogP contribution in [-0.2, 0) is 4.74 Å². The molecule has 0 radical (unpaired) electrons. The van der Waals surface area contributed by atoms with Gasteiger partial charge in [0.15, 0.2) is 5.16 Å². The minimum Gasteiger partial charge on any atom is -0.395 e. The minimum atomic E-state index is 0.0190. The minimum absolute atomic E-state index is 0.0190. The Balaban J connectivity index is 2.19. The van der Waals surface area contributed by atoms with E-state index in [0.717, 1.165) is 13.1 Å². The summed E-state index contributed by atoms with van der Waals surface area (Å²) in [5.74, 6) is 6.28. The second kappa shape index (κ2) is 6.85. The van der Waals surface area contributed by atoms with Crippen LogP contribution in [0.25, 0.3) is 0 Å². The molecule has 4 N–H and O–H groups in total. The SMILES string of the molecule is CC(CO)Sc1nc(NN)nc(N2CCOCC2)n1. The van der Waals surface area contributed by atoms with Crippen molar-refractivity contribution in [2.45, 2.75) is 17.3 Å². The molecule has 0 spiro atoms. The van der Waals surface area contributed by atoms with Crippen LogP contribution in [0, 0.1) is 0 Å². The van der Waals surface area contributed by atoms with Crippen molar-refractivity contribution in [3.05, 3.63) is 0 Å². The third-order valence-electron chi connectivity index (χ3n) is 2.59. The Bertz CT molecular complexity index is 415.